The molecule has 0 aromatic heterocycles. The fraction of sp³-hybridized carbons (Fsp3) is 0.158. The molecule has 0 aliphatic carbocycles. The molecule has 0 saturated carbocycles. The van der Waals surface area contributed by atoms with Crippen molar-refractivity contribution in [2.24, 2.45) is 0 Å². The topological polar surface area (TPSA) is 3.24 Å². The molecule has 1 nitrogen and oxygen atoms in total. The van der Waals surface area contributed by atoms with Crippen molar-refractivity contribution in [2.75, 3.05) is 19.0 Å². The van der Waals surface area contributed by atoms with Gasteiger partial charge in [0.25, 0.3) is 0 Å². The largest absolute Gasteiger partial charge is 0.378 e. The summed E-state index contributed by atoms with van der Waals surface area (Å²) in [5, 5.41) is 0. The van der Waals surface area contributed by atoms with E-state index in [4.69, 9.17) is 0 Å². The lowest BCUT2D eigenvalue weighted by atomic mass is 9.96. The van der Waals surface area contributed by atoms with E-state index in [2.05, 4.69) is 87.1 Å². The van der Waals surface area contributed by atoms with Gasteiger partial charge in [0.2, 0.25) is 0 Å². The Morgan fingerprint density at radius 2 is 1.70 bits per heavy atom. The van der Waals surface area contributed by atoms with Crippen LogP contribution >= 0.6 is 0 Å². The number of hydrogen-bond acceptors (Lipinski definition) is 1. The van der Waals surface area contributed by atoms with Crippen LogP contribution in [0.4, 0.5) is 5.69 Å². The first-order valence-electron chi connectivity index (χ1n) is 6.79. The van der Waals surface area contributed by atoms with E-state index in [1.54, 1.807) is 0 Å². The van der Waals surface area contributed by atoms with Crippen molar-refractivity contribution in [1.29, 1.82) is 0 Å². The van der Waals surface area contributed by atoms with Crippen LogP contribution in [-0.4, -0.2) is 14.1 Å². The Morgan fingerprint density at radius 1 is 1.00 bits per heavy atom. The third kappa shape index (κ3) is 3.18. The Morgan fingerprint density at radius 3 is 2.25 bits per heavy atom. The van der Waals surface area contributed by atoms with E-state index in [1.807, 2.05) is 6.08 Å². The van der Waals surface area contributed by atoms with Gasteiger partial charge in [-0.2, -0.15) is 0 Å². The van der Waals surface area contributed by atoms with Gasteiger partial charge in [-0.25, -0.2) is 0 Å². The summed E-state index contributed by atoms with van der Waals surface area (Å²) in [4.78, 5) is 2.10. The second-order valence-electron chi connectivity index (χ2n) is 5.13. The molecule has 0 saturated heterocycles. The SMILES string of the molecule is C=CC=C(c1ccc(N(C)C)cc1)c1cccc(C)c1. The van der Waals surface area contributed by atoms with E-state index in [0.717, 1.165) is 0 Å². The predicted octanol–water partition coefficient (Wildman–Crippen LogP) is 4.68. The van der Waals surface area contributed by atoms with Gasteiger partial charge in [0.1, 0.15) is 0 Å². The molecule has 0 heterocycles. The number of anilines is 1. The smallest absolute Gasteiger partial charge is 0.0361 e. The molecule has 2 aromatic carbocycles. The number of benzene rings is 2. The van der Waals surface area contributed by atoms with Gasteiger partial charge in [-0.15, -0.1) is 0 Å². The maximum absolute atomic E-state index is 3.84. The minimum absolute atomic E-state index is 1.20. The van der Waals surface area contributed by atoms with Gasteiger partial charge in [0.05, 0.1) is 0 Å². The highest BCUT2D eigenvalue weighted by molar-refractivity contribution is 5.81. The quantitative estimate of drug-likeness (QED) is 0.724. The molecular formula is C19H21N. The van der Waals surface area contributed by atoms with Crippen LogP contribution in [0.1, 0.15) is 16.7 Å². The lowest BCUT2D eigenvalue weighted by Crippen LogP contribution is -2.08. The summed E-state index contributed by atoms with van der Waals surface area (Å²) in [5.41, 5.74) is 6.11. The Balaban J connectivity index is 2.44. The van der Waals surface area contributed by atoms with Crippen molar-refractivity contribution in [3.05, 3.63) is 84.0 Å². The monoisotopic (exact) mass is 263 g/mol. The average molecular weight is 263 g/mol. The van der Waals surface area contributed by atoms with Crippen molar-refractivity contribution in [3.8, 4) is 0 Å². The average Bonchev–Trinajstić information content (AvgIpc) is 2.45. The maximum Gasteiger partial charge on any atom is 0.0361 e. The molecule has 0 unspecified atom stereocenters. The standard InChI is InChI=1S/C19H21N/c1-5-7-19(17-9-6-8-15(2)14-17)16-10-12-18(13-11-16)20(3)4/h5-14H,1H2,2-4H3. The van der Waals surface area contributed by atoms with Crippen LogP contribution in [-0.2, 0) is 0 Å². The van der Waals surface area contributed by atoms with Gasteiger partial charge < -0.3 is 4.90 Å². The zero-order valence-corrected chi connectivity index (χ0v) is 12.4. The van der Waals surface area contributed by atoms with Gasteiger partial charge in [0.15, 0.2) is 0 Å². The third-order valence-corrected chi connectivity index (χ3v) is 3.31. The molecule has 2 rings (SSSR count). The van der Waals surface area contributed by atoms with Crippen molar-refractivity contribution >= 4 is 11.3 Å². The van der Waals surface area contributed by atoms with Crippen molar-refractivity contribution in [3.63, 3.8) is 0 Å². The van der Waals surface area contributed by atoms with Crippen LogP contribution in [0.3, 0.4) is 0 Å². The van der Waals surface area contributed by atoms with E-state index < -0.39 is 0 Å². The van der Waals surface area contributed by atoms with Crippen LogP contribution in [0.5, 0.6) is 0 Å². The Labute approximate surface area is 121 Å². The third-order valence-electron chi connectivity index (χ3n) is 3.31. The molecule has 0 N–H and O–H groups in total. The normalized spacial score (nSPS) is 11.2. The molecule has 0 fully saturated rings. The molecule has 20 heavy (non-hydrogen) atoms. The van der Waals surface area contributed by atoms with Crippen LogP contribution < -0.4 is 4.90 Å². The first kappa shape index (κ1) is 14.1. The molecular weight excluding hydrogens is 242 g/mol. The van der Waals surface area contributed by atoms with Crippen LogP contribution in [0.15, 0.2) is 67.3 Å². The second kappa shape index (κ2) is 6.25. The molecule has 0 radical (unpaired) electrons. The zero-order valence-electron chi connectivity index (χ0n) is 12.4. The second-order valence-corrected chi connectivity index (χ2v) is 5.13. The number of hydrogen-bond donors (Lipinski definition) is 0. The molecule has 0 bridgehead atoms. The molecule has 0 spiro atoms. The van der Waals surface area contributed by atoms with Crippen molar-refractivity contribution < 1.29 is 0 Å². The summed E-state index contributed by atoms with van der Waals surface area (Å²) < 4.78 is 0. The van der Waals surface area contributed by atoms with Crippen LogP contribution in [0, 0.1) is 6.92 Å². The first-order chi connectivity index (χ1) is 9.61. The highest BCUT2D eigenvalue weighted by Gasteiger charge is 2.05. The first-order valence-corrected chi connectivity index (χ1v) is 6.79. The van der Waals surface area contributed by atoms with Gasteiger partial charge in [-0.05, 0) is 35.8 Å². The van der Waals surface area contributed by atoms with Crippen LogP contribution in [0.25, 0.3) is 5.57 Å². The molecule has 0 aliphatic heterocycles. The van der Waals surface area contributed by atoms with E-state index >= 15 is 0 Å². The molecule has 0 aliphatic rings. The van der Waals surface area contributed by atoms with E-state index in [-0.39, 0.29) is 0 Å². The number of rotatable bonds is 4. The molecule has 102 valence electrons. The Bertz CT molecular complexity index is 618. The minimum Gasteiger partial charge on any atom is -0.378 e. The maximum atomic E-state index is 3.84. The lowest BCUT2D eigenvalue weighted by molar-refractivity contribution is 1.13. The summed E-state index contributed by atoms with van der Waals surface area (Å²) >= 11 is 0. The highest BCUT2D eigenvalue weighted by Crippen LogP contribution is 2.26. The van der Waals surface area contributed by atoms with E-state index in [0.29, 0.717) is 0 Å². The van der Waals surface area contributed by atoms with E-state index in [1.165, 1.54) is 28.0 Å². The number of aryl methyl sites for hydroxylation is 1. The fourth-order valence-corrected chi connectivity index (χ4v) is 2.23. The molecule has 2 aromatic rings. The molecule has 1 heteroatoms. The Hall–Kier alpha value is -2.28. The summed E-state index contributed by atoms with van der Waals surface area (Å²) in [6.07, 6.45) is 3.91. The van der Waals surface area contributed by atoms with Gasteiger partial charge in [-0.3, -0.25) is 0 Å². The van der Waals surface area contributed by atoms with Crippen molar-refractivity contribution in [1.82, 2.24) is 0 Å². The fourth-order valence-electron chi connectivity index (χ4n) is 2.23. The predicted molar refractivity (Wildman–Crippen MR) is 89.2 cm³/mol. The van der Waals surface area contributed by atoms with Gasteiger partial charge >= 0.3 is 0 Å². The zero-order chi connectivity index (χ0) is 14.5. The van der Waals surface area contributed by atoms with Gasteiger partial charge in [-0.1, -0.05) is 60.7 Å². The summed E-state index contributed by atoms with van der Waals surface area (Å²) in [7, 11) is 4.10. The Kier molecular flexibility index (Phi) is 4.41. The minimum atomic E-state index is 1.20. The summed E-state index contributed by atoms with van der Waals surface area (Å²) in [6, 6.07) is 17.2. The highest BCUT2D eigenvalue weighted by atomic mass is 15.1. The van der Waals surface area contributed by atoms with E-state index in [9.17, 15) is 0 Å². The van der Waals surface area contributed by atoms with Gasteiger partial charge in [0, 0.05) is 19.8 Å². The van der Waals surface area contributed by atoms with Crippen molar-refractivity contribution in [2.45, 2.75) is 6.92 Å². The van der Waals surface area contributed by atoms with Crippen LogP contribution in [0.2, 0.25) is 0 Å². The summed E-state index contributed by atoms with van der Waals surface area (Å²) in [5.74, 6) is 0. The molecule has 0 amide bonds. The number of allylic oxidation sites excluding steroid dienone is 2. The molecule has 0 atom stereocenters. The summed E-state index contributed by atoms with van der Waals surface area (Å²) in [6.45, 7) is 5.95. The lowest BCUT2D eigenvalue weighted by Gasteiger charge is -2.14. The number of nitrogens with zero attached hydrogens (tertiary/aromatic N) is 1.